The first kappa shape index (κ1) is 19.8. The molecule has 1 heterocycles. The van der Waals surface area contributed by atoms with E-state index in [0.29, 0.717) is 0 Å². The van der Waals surface area contributed by atoms with Gasteiger partial charge in [-0.25, -0.2) is 0 Å². The average Bonchev–Trinajstić information content (AvgIpc) is 3.18. The molecular formula is C31H26N2. The molecule has 4 aromatic rings. The number of rotatable bonds is 3. The van der Waals surface area contributed by atoms with Gasteiger partial charge in [-0.1, -0.05) is 91.0 Å². The molecule has 1 aliphatic heterocycles. The molecule has 1 aliphatic carbocycles. The van der Waals surface area contributed by atoms with E-state index in [1.165, 1.54) is 38.9 Å². The molecule has 6 rings (SSSR count). The van der Waals surface area contributed by atoms with Gasteiger partial charge in [-0.05, 0) is 64.8 Å². The quantitative estimate of drug-likeness (QED) is 0.343. The van der Waals surface area contributed by atoms with Crippen LogP contribution < -0.4 is 5.73 Å². The molecule has 0 saturated heterocycles. The lowest BCUT2D eigenvalue weighted by molar-refractivity contribution is 0.723. The van der Waals surface area contributed by atoms with Gasteiger partial charge in [-0.15, -0.1) is 0 Å². The fourth-order valence-corrected chi connectivity index (χ4v) is 5.76. The van der Waals surface area contributed by atoms with E-state index >= 15 is 0 Å². The van der Waals surface area contributed by atoms with E-state index in [1.807, 2.05) is 12.1 Å². The lowest BCUT2D eigenvalue weighted by atomic mass is 9.69. The predicted molar refractivity (Wildman–Crippen MR) is 139 cm³/mol. The van der Waals surface area contributed by atoms with Gasteiger partial charge >= 0.3 is 0 Å². The normalized spacial score (nSPS) is 18.5. The van der Waals surface area contributed by atoms with Gasteiger partial charge in [-0.2, -0.15) is 0 Å². The number of hydrogen-bond acceptors (Lipinski definition) is 2. The summed E-state index contributed by atoms with van der Waals surface area (Å²) in [5, 5.41) is 0. The third-order valence-electron chi connectivity index (χ3n) is 7.18. The number of fused-ring (bicyclic) bond motifs is 3. The zero-order chi connectivity index (χ0) is 22.4. The predicted octanol–water partition coefficient (Wildman–Crippen LogP) is 7.31. The van der Waals surface area contributed by atoms with Crippen molar-refractivity contribution >= 4 is 11.9 Å². The van der Waals surface area contributed by atoms with Crippen molar-refractivity contribution < 1.29 is 0 Å². The molecule has 2 nitrogen and oxygen atoms in total. The maximum absolute atomic E-state index is 6.39. The Balaban J connectivity index is 1.73. The summed E-state index contributed by atoms with van der Waals surface area (Å²) in [6.07, 6.45) is 6.42. The van der Waals surface area contributed by atoms with Gasteiger partial charge in [0.1, 0.15) is 0 Å². The number of hydrogen-bond donors (Lipinski definition) is 1. The molecule has 33 heavy (non-hydrogen) atoms. The Morgan fingerprint density at radius 3 is 2.18 bits per heavy atom. The first-order chi connectivity index (χ1) is 16.2. The van der Waals surface area contributed by atoms with E-state index in [2.05, 4.69) is 98.1 Å². The summed E-state index contributed by atoms with van der Waals surface area (Å²) < 4.78 is 0. The molecule has 4 aromatic carbocycles. The van der Waals surface area contributed by atoms with Crippen molar-refractivity contribution in [1.82, 2.24) is 0 Å². The van der Waals surface area contributed by atoms with E-state index in [0.717, 1.165) is 29.8 Å². The molecule has 0 amide bonds. The Morgan fingerprint density at radius 2 is 1.42 bits per heavy atom. The molecule has 0 bridgehead atoms. The van der Waals surface area contributed by atoms with Crippen molar-refractivity contribution in [2.75, 3.05) is 5.73 Å². The summed E-state index contributed by atoms with van der Waals surface area (Å²) in [4.78, 5) is 5.00. The van der Waals surface area contributed by atoms with Gasteiger partial charge in [0, 0.05) is 17.5 Å². The second-order valence-electron chi connectivity index (χ2n) is 8.89. The van der Waals surface area contributed by atoms with E-state index in [1.54, 1.807) is 0 Å². The number of para-hydroxylation sites is 1. The van der Waals surface area contributed by atoms with Crippen LogP contribution in [0.2, 0.25) is 0 Å². The number of anilines is 1. The van der Waals surface area contributed by atoms with Crippen molar-refractivity contribution in [2.45, 2.75) is 25.2 Å². The average molecular weight is 427 g/mol. The minimum Gasteiger partial charge on any atom is -0.398 e. The van der Waals surface area contributed by atoms with Crippen molar-refractivity contribution in [1.29, 1.82) is 0 Å². The SMILES string of the molecule is Cc1c(-c2ccccc2N)ccc2c1-c1ccccc1C2(C1=CCCC=N1)c1ccccc1. The highest BCUT2D eigenvalue weighted by atomic mass is 14.8. The van der Waals surface area contributed by atoms with E-state index in [-0.39, 0.29) is 0 Å². The number of nitrogens with two attached hydrogens (primary N) is 1. The van der Waals surface area contributed by atoms with Gasteiger partial charge in [0.15, 0.2) is 0 Å². The zero-order valence-electron chi connectivity index (χ0n) is 18.8. The molecule has 0 aromatic heterocycles. The van der Waals surface area contributed by atoms with Gasteiger partial charge < -0.3 is 5.73 Å². The van der Waals surface area contributed by atoms with E-state index in [4.69, 9.17) is 10.7 Å². The third kappa shape index (κ3) is 2.77. The number of nitrogen functional groups attached to an aromatic ring is 1. The van der Waals surface area contributed by atoms with Crippen LogP contribution in [0.1, 0.15) is 35.1 Å². The topological polar surface area (TPSA) is 38.4 Å². The molecule has 1 atom stereocenters. The Labute approximate surface area is 195 Å². The smallest absolute Gasteiger partial charge is 0.0882 e. The van der Waals surface area contributed by atoms with Gasteiger partial charge in [0.2, 0.25) is 0 Å². The van der Waals surface area contributed by atoms with Crippen molar-refractivity contribution in [3.05, 3.63) is 125 Å². The first-order valence-corrected chi connectivity index (χ1v) is 11.6. The van der Waals surface area contributed by atoms with Crippen molar-refractivity contribution in [3.8, 4) is 22.3 Å². The lowest BCUT2D eigenvalue weighted by Crippen LogP contribution is -2.29. The molecule has 2 aliphatic rings. The van der Waals surface area contributed by atoms with Crippen LogP contribution in [0.5, 0.6) is 0 Å². The Kier molecular flexibility index (Phi) is 4.55. The van der Waals surface area contributed by atoms with Crippen LogP contribution in [-0.4, -0.2) is 6.21 Å². The Bertz CT molecular complexity index is 1430. The summed E-state index contributed by atoms with van der Waals surface area (Å²) in [6.45, 7) is 2.23. The molecule has 2 N–H and O–H groups in total. The minimum absolute atomic E-state index is 0.421. The van der Waals surface area contributed by atoms with Gasteiger partial charge in [0.25, 0.3) is 0 Å². The van der Waals surface area contributed by atoms with Gasteiger partial charge in [0.05, 0.1) is 11.1 Å². The maximum atomic E-state index is 6.39. The highest BCUT2D eigenvalue weighted by Gasteiger charge is 2.48. The van der Waals surface area contributed by atoms with Crippen LogP contribution >= 0.6 is 0 Å². The van der Waals surface area contributed by atoms with Crippen LogP contribution in [0.4, 0.5) is 5.69 Å². The second-order valence-corrected chi connectivity index (χ2v) is 8.89. The highest BCUT2D eigenvalue weighted by molar-refractivity contribution is 5.93. The third-order valence-corrected chi connectivity index (χ3v) is 7.18. The fraction of sp³-hybridized carbons (Fsp3) is 0.129. The largest absolute Gasteiger partial charge is 0.398 e. The van der Waals surface area contributed by atoms with E-state index < -0.39 is 5.41 Å². The second kappa shape index (κ2) is 7.60. The van der Waals surface area contributed by atoms with E-state index in [9.17, 15) is 0 Å². The van der Waals surface area contributed by atoms with Crippen molar-refractivity contribution in [3.63, 3.8) is 0 Å². The summed E-state index contributed by atoms with van der Waals surface area (Å²) in [5.74, 6) is 0. The summed E-state index contributed by atoms with van der Waals surface area (Å²) in [6, 6.07) is 32.4. The van der Waals surface area contributed by atoms with Crippen molar-refractivity contribution in [2.24, 2.45) is 4.99 Å². The summed E-state index contributed by atoms with van der Waals surface area (Å²) in [5.41, 5.74) is 17.9. The van der Waals surface area contributed by atoms with Crippen LogP contribution in [-0.2, 0) is 5.41 Å². The fourth-order valence-electron chi connectivity index (χ4n) is 5.76. The Morgan fingerprint density at radius 1 is 0.697 bits per heavy atom. The number of benzene rings is 4. The molecule has 1 unspecified atom stereocenters. The number of allylic oxidation sites excluding steroid dienone is 2. The highest BCUT2D eigenvalue weighted by Crippen LogP contribution is 2.58. The van der Waals surface area contributed by atoms with Crippen LogP contribution in [0.3, 0.4) is 0 Å². The minimum atomic E-state index is -0.421. The monoisotopic (exact) mass is 426 g/mol. The molecular weight excluding hydrogens is 400 g/mol. The molecule has 0 fully saturated rings. The number of aliphatic imine (C=N–C) groups is 1. The zero-order valence-corrected chi connectivity index (χ0v) is 18.8. The molecule has 0 spiro atoms. The van der Waals surface area contributed by atoms with Crippen LogP contribution in [0, 0.1) is 6.92 Å². The molecule has 0 saturated carbocycles. The molecule has 160 valence electrons. The summed E-state index contributed by atoms with van der Waals surface area (Å²) in [7, 11) is 0. The molecule has 2 heteroatoms. The standard InChI is InChI=1S/C31H26N2/c1-21-23(24-13-6-8-16-28(24)32)18-19-27-30(21)25-14-5-7-15-26(25)31(27,22-11-3-2-4-12-22)29-17-9-10-20-33-29/h2-8,11-20H,9-10,32H2,1H3. The van der Waals surface area contributed by atoms with Gasteiger partial charge in [-0.3, -0.25) is 4.99 Å². The lowest BCUT2D eigenvalue weighted by Gasteiger charge is -2.34. The summed E-state index contributed by atoms with van der Waals surface area (Å²) >= 11 is 0. The maximum Gasteiger partial charge on any atom is 0.0882 e. The first-order valence-electron chi connectivity index (χ1n) is 11.6. The number of nitrogens with zero attached hydrogens (tertiary/aromatic N) is 1. The van der Waals surface area contributed by atoms with Crippen LogP contribution in [0.25, 0.3) is 22.3 Å². The van der Waals surface area contributed by atoms with Crippen LogP contribution in [0.15, 0.2) is 108 Å². The Hall–Kier alpha value is -3.91. The molecule has 0 radical (unpaired) electrons.